The summed E-state index contributed by atoms with van der Waals surface area (Å²) in [5, 5.41) is 8.31. The molecule has 2 atom stereocenters. The number of rotatable bonds is 2. The predicted octanol–water partition coefficient (Wildman–Crippen LogP) is 1.16. The molecule has 0 aliphatic carbocycles. The van der Waals surface area contributed by atoms with Crippen molar-refractivity contribution in [1.29, 1.82) is 0 Å². The highest BCUT2D eigenvalue weighted by molar-refractivity contribution is 6.22. The normalized spacial score (nSPS) is 18.1. The molecule has 1 nitrogen and oxygen atoms in total. The number of alkyl halides is 1. The van der Waals surface area contributed by atoms with Crippen LogP contribution in [0.3, 0.4) is 0 Å². The molecule has 0 aliphatic rings. The Labute approximate surface area is 48.6 Å². The molecule has 0 spiro atoms. The fraction of sp³-hybridized carbons (Fsp3) is 0.600. The van der Waals surface area contributed by atoms with Gasteiger partial charge in [0.05, 0.1) is 11.5 Å². The van der Waals surface area contributed by atoms with E-state index in [4.69, 9.17) is 16.7 Å². The third-order valence-corrected chi connectivity index (χ3v) is 1.23. The molecule has 0 amide bonds. The molecule has 0 aliphatic heterocycles. The van der Waals surface area contributed by atoms with Gasteiger partial charge in [-0.05, 0) is 6.92 Å². The van der Waals surface area contributed by atoms with Crippen LogP contribution in [0, 0.1) is 0 Å². The Hall–Kier alpha value is -0.0100. The Bertz CT molecular complexity index is 61.1. The van der Waals surface area contributed by atoms with Crippen LogP contribution >= 0.6 is 11.6 Å². The van der Waals surface area contributed by atoms with E-state index in [1.807, 2.05) is 0 Å². The lowest BCUT2D eigenvalue weighted by atomic mass is 10.3. The van der Waals surface area contributed by atoms with E-state index in [1.54, 1.807) is 6.92 Å². The van der Waals surface area contributed by atoms with Gasteiger partial charge in [0.15, 0.2) is 0 Å². The summed E-state index contributed by atoms with van der Waals surface area (Å²) in [6, 6.07) is 0. The van der Waals surface area contributed by atoms with Crippen LogP contribution < -0.4 is 0 Å². The first-order valence-corrected chi connectivity index (χ1v) is 2.57. The zero-order chi connectivity index (χ0) is 5.86. The number of aliphatic hydroxyl groups excluding tert-OH is 1. The van der Waals surface area contributed by atoms with Gasteiger partial charge < -0.3 is 5.11 Å². The molecule has 1 N–H and O–H groups in total. The average molecular weight is 121 g/mol. The molecule has 0 aromatic rings. The van der Waals surface area contributed by atoms with E-state index in [9.17, 15) is 0 Å². The SMILES string of the molecule is C=C[C@@H](Cl)[C@@H](C)O. The summed E-state index contributed by atoms with van der Waals surface area (Å²) in [6.07, 6.45) is 1.02. The van der Waals surface area contributed by atoms with Crippen LogP contribution in [-0.4, -0.2) is 16.6 Å². The van der Waals surface area contributed by atoms with Crippen LogP contribution in [0.1, 0.15) is 6.92 Å². The van der Waals surface area contributed by atoms with Gasteiger partial charge in [-0.25, -0.2) is 0 Å². The number of hydrogen-bond donors (Lipinski definition) is 1. The van der Waals surface area contributed by atoms with Gasteiger partial charge in [-0.1, -0.05) is 6.08 Å². The molecule has 0 heterocycles. The quantitative estimate of drug-likeness (QED) is 0.428. The van der Waals surface area contributed by atoms with Crippen molar-refractivity contribution in [2.75, 3.05) is 0 Å². The van der Waals surface area contributed by atoms with Crippen LogP contribution in [0.15, 0.2) is 12.7 Å². The second-order valence-corrected chi connectivity index (χ2v) is 1.92. The van der Waals surface area contributed by atoms with Crippen LogP contribution in [0.25, 0.3) is 0 Å². The van der Waals surface area contributed by atoms with Crippen molar-refractivity contribution >= 4 is 11.6 Å². The minimum absolute atomic E-state index is 0.306. The summed E-state index contributed by atoms with van der Waals surface area (Å²) in [5.74, 6) is 0. The van der Waals surface area contributed by atoms with Gasteiger partial charge in [0.2, 0.25) is 0 Å². The Morgan fingerprint density at radius 1 is 1.86 bits per heavy atom. The second-order valence-electron chi connectivity index (χ2n) is 1.42. The zero-order valence-electron chi connectivity index (χ0n) is 4.26. The van der Waals surface area contributed by atoms with Crippen molar-refractivity contribution < 1.29 is 5.11 Å². The lowest BCUT2D eigenvalue weighted by molar-refractivity contribution is 0.201. The molecule has 0 radical (unpaired) electrons. The zero-order valence-corrected chi connectivity index (χ0v) is 5.02. The van der Waals surface area contributed by atoms with Crippen molar-refractivity contribution in [3.8, 4) is 0 Å². The summed E-state index contributed by atoms with van der Waals surface area (Å²) in [4.78, 5) is 0. The maximum absolute atomic E-state index is 8.62. The highest BCUT2D eigenvalue weighted by Gasteiger charge is 2.03. The standard InChI is InChI=1S/C5H9ClO/c1-3-5(6)4(2)7/h3-5,7H,1H2,2H3/t4-,5-/m1/s1. The van der Waals surface area contributed by atoms with Crippen molar-refractivity contribution in [2.24, 2.45) is 0 Å². The summed E-state index contributed by atoms with van der Waals surface area (Å²) >= 11 is 5.43. The number of aliphatic hydroxyl groups is 1. The lowest BCUT2D eigenvalue weighted by Gasteiger charge is -2.03. The molecular formula is C5H9ClO. The average Bonchev–Trinajstić information content (AvgIpc) is 1.65. The van der Waals surface area contributed by atoms with E-state index >= 15 is 0 Å². The maximum Gasteiger partial charge on any atom is 0.0770 e. The van der Waals surface area contributed by atoms with Gasteiger partial charge >= 0.3 is 0 Å². The molecule has 0 aromatic heterocycles. The smallest absolute Gasteiger partial charge is 0.0770 e. The van der Waals surface area contributed by atoms with E-state index in [0.29, 0.717) is 0 Å². The molecule has 0 aromatic carbocycles. The Kier molecular flexibility index (Phi) is 3.05. The summed E-state index contributed by atoms with van der Waals surface area (Å²) < 4.78 is 0. The van der Waals surface area contributed by atoms with E-state index in [1.165, 1.54) is 6.08 Å². The number of hydrogen-bond acceptors (Lipinski definition) is 1. The third-order valence-electron chi connectivity index (χ3n) is 0.686. The molecule has 0 unspecified atom stereocenters. The molecule has 42 valence electrons. The number of halogens is 1. The van der Waals surface area contributed by atoms with Gasteiger partial charge in [0, 0.05) is 0 Å². The van der Waals surface area contributed by atoms with Gasteiger partial charge in [-0.3, -0.25) is 0 Å². The fourth-order valence-electron chi connectivity index (χ4n) is 0.197. The van der Waals surface area contributed by atoms with Crippen molar-refractivity contribution in [3.63, 3.8) is 0 Å². The molecule has 0 fully saturated rings. The summed E-state index contributed by atoms with van der Waals surface area (Å²) in [7, 11) is 0. The first-order chi connectivity index (χ1) is 3.18. The first kappa shape index (κ1) is 6.99. The Morgan fingerprint density at radius 3 is 2.29 bits per heavy atom. The maximum atomic E-state index is 8.62. The molecule has 2 heteroatoms. The van der Waals surface area contributed by atoms with Crippen LogP contribution in [-0.2, 0) is 0 Å². The van der Waals surface area contributed by atoms with Crippen molar-refractivity contribution in [2.45, 2.75) is 18.4 Å². The summed E-state index contributed by atoms with van der Waals surface area (Å²) in [6.45, 7) is 5.01. The Balaban J connectivity index is 3.33. The van der Waals surface area contributed by atoms with E-state index in [2.05, 4.69) is 6.58 Å². The van der Waals surface area contributed by atoms with Crippen LogP contribution in [0.4, 0.5) is 0 Å². The molecule has 7 heavy (non-hydrogen) atoms. The van der Waals surface area contributed by atoms with Gasteiger partial charge in [0.25, 0.3) is 0 Å². The Morgan fingerprint density at radius 2 is 2.29 bits per heavy atom. The molecule has 0 rings (SSSR count). The van der Waals surface area contributed by atoms with Crippen molar-refractivity contribution in [3.05, 3.63) is 12.7 Å². The fourth-order valence-corrected chi connectivity index (χ4v) is 0.197. The highest BCUT2D eigenvalue weighted by Crippen LogP contribution is 2.01. The van der Waals surface area contributed by atoms with E-state index < -0.39 is 6.10 Å². The minimum atomic E-state index is -0.487. The molecule has 0 saturated carbocycles. The van der Waals surface area contributed by atoms with Gasteiger partial charge in [-0.2, -0.15) is 0 Å². The monoisotopic (exact) mass is 120 g/mol. The van der Waals surface area contributed by atoms with Crippen molar-refractivity contribution in [1.82, 2.24) is 0 Å². The first-order valence-electron chi connectivity index (χ1n) is 2.13. The minimum Gasteiger partial charge on any atom is -0.392 e. The van der Waals surface area contributed by atoms with Crippen LogP contribution in [0.5, 0.6) is 0 Å². The molecular weight excluding hydrogens is 112 g/mol. The lowest BCUT2D eigenvalue weighted by Crippen LogP contribution is -2.12. The summed E-state index contributed by atoms with van der Waals surface area (Å²) in [5.41, 5.74) is 0. The largest absolute Gasteiger partial charge is 0.392 e. The highest BCUT2D eigenvalue weighted by atomic mass is 35.5. The third kappa shape index (κ3) is 2.66. The predicted molar refractivity (Wildman–Crippen MR) is 31.5 cm³/mol. The van der Waals surface area contributed by atoms with E-state index in [0.717, 1.165) is 0 Å². The van der Waals surface area contributed by atoms with Crippen LogP contribution in [0.2, 0.25) is 0 Å². The second kappa shape index (κ2) is 3.05. The topological polar surface area (TPSA) is 20.2 Å². The molecule has 0 saturated heterocycles. The van der Waals surface area contributed by atoms with E-state index in [-0.39, 0.29) is 5.38 Å². The molecule has 0 bridgehead atoms. The van der Waals surface area contributed by atoms with Gasteiger partial charge in [-0.15, -0.1) is 18.2 Å². The van der Waals surface area contributed by atoms with Gasteiger partial charge in [0.1, 0.15) is 0 Å².